The predicted octanol–water partition coefficient (Wildman–Crippen LogP) is 1.60. The van der Waals surface area contributed by atoms with Gasteiger partial charge in [-0.1, -0.05) is 0 Å². The molecule has 4 heteroatoms. The minimum Gasteiger partial charge on any atom is -0.368 e. The fourth-order valence-corrected chi connectivity index (χ4v) is 1.04. The topological polar surface area (TPSA) is 19.4 Å². The van der Waals surface area contributed by atoms with E-state index in [-0.39, 0.29) is 9.37 Å². The zero-order chi connectivity index (χ0) is 22.2. The highest BCUT2D eigenvalue weighted by Gasteiger charge is 2.14. The molecule has 1 aromatic rings. The highest BCUT2D eigenvalue weighted by atomic mass is 79.9. The molecule has 1 aliphatic heterocycles. The van der Waals surface area contributed by atoms with Crippen LogP contribution in [0.1, 0.15) is 19.2 Å². The van der Waals surface area contributed by atoms with E-state index >= 15 is 0 Å². The molecule has 0 saturated carbocycles. The number of hydrogen-bond donors (Lipinski definition) is 0. The first-order valence-electron chi connectivity index (χ1n) is 10.5. The molecule has 3 nitrogen and oxygen atoms in total. The van der Waals surface area contributed by atoms with Crippen molar-refractivity contribution in [3.05, 3.63) is 22.9 Å². The molecule has 0 atom stereocenters. The van der Waals surface area contributed by atoms with E-state index in [0.29, 0.717) is 0 Å². The molecule has 1 saturated heterocycles. The van der Waals surface area contributed by atoms with Crippen molar-refractivity contribution < 1.29 is 19.2 Å². The Morgan fingerprint density at radius 1 is 1.50 bits per heavy atom. The normalized spacial score (nSPS) is 48.5. The molecule has 0 radical (unpaired) electrons. The largest absolute Gasteiger partial charge is 0.368 e. The average Bonchev–Trinajstić information content (AvgIpc) is 2.45. The fourth-order valence-electron chi connectivity index (χ4n) is 0.763. The molecule has 0 aromatic carbocycles. The van der Waals surface area contributed by atoms with Gasteiger partial charge in [0.1, 0.15) is 0 Å². The summed E-state index contributed by atoms with van der Waals surface area (Å²) in [5, 5.41) is 0. The lowest BCUT2D eigenvalue weighted by Gasteiger charge is -2.33. The number of likely N-dealkylation sites (N-methyl/N-ethyl adjacent to an activating group) is 1. The highest BCUT2D eigenvalue weighted by molar-refractivity contribution is 9.10. The van der Waals surface area contributed by atoms with Crippen LogP contribution in [0.3, 0.4) is 0 Å². The van der Waals surface area contributed by atoms with E-state index in [2.05, 4.69) is 20.9 Å². The van der Waals surface area contributed by atoms with Crippen LogP contribution < -0.4 is 4.90 Å². The van der Waals surface area contributed by atoms with Crippen molar-refractivity contribution in [1.82, 2.24) is 9.88 Å². The van der Waals surface area contributed by atoms with Crippen LogP contribution >= 0.6 is 15.9 Å². The van der Waals surface area contributed by atoms with Gasteiger partial charge < -0.3 is 9.80 Å². The van der Waals surface area contributed by atoms with Gasteiger partial charge in [-0.3, -0.25) is 4.98 Å². The third kappa shape index (κ3) is 2.25. The molecule has 76 valence electrons. The van der Waals surface area contributed by atoms with Gasteiger partial charge in [0, 0.05) is 46.2 Å². The molecule has 2 heterocycles. The molecule has 1 aliphatic rings. The Hall–Kier alpha value is -0.610. The lowest BCUT2D eigenvalue weighted by molar-refractivity contribution is 0.313. The van der Waals surface area contributed by atoms with Gasteiger partial charge in [0.05, 0.1) is 21.5 Å². The lowest BCUT2D eigenvalue weighted by atomic mass is 10.3. The second kappa shape index (κ2) is 4.28. The number of piperazine rings is 1. The molecular formula is C10H14BrN3. The maximum Gasteiger partial charge on any atom is 0.0862 e. The molecule has 1 aromatic heterocycles. The lowest BCUT2D eigenvalue weighted by Crippen LogP contribution is -2.44. The van der Waals surface area contributed by atoms with Crippen LogP contribution in [0.4, 0.5) is 5.69 Å². The Kier molecular flexibility index (Phi) is 0.779. The molecule has 0 unspecified atom stereocenters. The summed E-state index contributed by atoms with van der Waals surface area (Å²) in [7, 11) is 0. The quantitative estimate of drug-likeness (QED) is 0.772. The van der Waals surface area contributed by atoms with E-state index in [1.54, 1.807) is 0 Å². The van der Waals surface area contributed by atoms with Crippen molar-refractivity contribution in [3.63, 3.8) is 0 Å². The number of halogens is 1. The summed E-state index contributed by atoms with van der Waals surface area (Å²) in [5.74, 6) is 0. The highest BCUT2D eigenvalue weighted by Crippen LogP contribution is 2.19. The number of rotatable bonds is 1. The van der Waals surface area contributed by atoms with Crippen LogP contribution in [0, 0.1) is 0 Å². The van der Waals surface area contributed by atoms with Gasteiger partial charge in [-0.2, -0.15) is 0 Å². The Balaban J connectivity index is 2.94. The number of pyridine rings is 1. The summed E-state index contributed by atoms with van der Waals surface area (Å²) in [5.41, 5.74) is -0.934. The molecule has 0 aliphatic carbocycles. The first-order chi connectivity index (χ1) is 12.2. The van der Waals surface area contributed by atoms with E-state index < -0.39 is 61.9 Å². The van der Waals surface area contributed by atoms with Gasteiger partial charge in [-0.15, -0.1) is 0 Å². The molecule has 1 fully saturated rings. The summed E-state index contributed by atoms with van der Waals surface area (Å²) >= 11 is 2.83. The summed E-state index contributed by atoms with van der Waals surface area (Å²) in [6.07, 6.45) is -1.56. The van der Waals surface area contributed by atoms with E-state index in [1.807, 2.05) is 0 Å². The van der Waals surface area contributed by atoms with Crippen LogP contribution in [0.15, 0.2) is 22.9 Å². The van der Waals surface area contributed by atoms with Crippen molar-refractivity contribution in [2.45, 2.75) is 0 Å². The van der Waals surface area contributed by atoms with Crippen molar-refractivity contribution in [3.8, 4) is 0 Å². The first-order valence-corrected chi connectivity index (χ1v) is 4.27. The monoisotopic (exact) mass is 269 g/mol. The minimum atomic E-state index is -3.63. The Morgan fingerprint density at radius 3 is 3.00 bits per heavy atom. The van der Waals surface area contributed by atoms with Crippen molar-refractivity contribution in [1.29, 1.82) is 0 Å². The Bertz CT molecular complexity index is 778. The summed E-state index contributed by atoms with van der Waals surface area (Å²) in [6.45, 7) is -17.9. The van der Waals surface area contributed by atoms with Crippen LogP contribution in [-0.4, -0.2) is 42.8 Å². The van der Waals surface area contributed by atoms with Crippen molar-refractivity contribution >= 4 is 21.6 Å². The maximum absolute atomic E-state index is 8.15. The summed E-state index contributed by atoms with van der Waals surface area (Å²) in [4.78, 5) is 2.80. The molecule has 0 bridgehead atoms. The van der Waals surface area contributed by atoms with Crippen LogP contribution in [0.2, 0.25) is 0 Å². The van der Waals surface area contributed by atoms with Gasteiger partial charge in [-0.25, -0.2) is 0 Å². The maximum atomic E-state index is 8.15. The van der Waals surface area contributed by atoms with Crippen molar-refractivity contribution in [2.75, 3.05) is 37.9 Å². The zero-order valence-electron chi connectivity index (χ0n) is 20.7. The molecule has 0 spiro atoms. The SMILES string of the molecule is [2H]c1nc([2H])c(N2C([2H])([2H])C([2H])([2H])N(C([2H])([2H])[2H])C([2H])([2H])C2([2H])[2H])c([2H])c1Br. The van der Waals surface area contributed by atoms with Gasteiger partial charge in [0.2, 0.25) is 0 Å². The van der Waals surface area contributed by atoms with Gasteiger partial charge in [0.15, 0.2) is 0 Å². The number of nitrogens with zero attached hydrogens (tertiary/aromatic N) is 3. The van der Waals surface area contributed by atoms with Gasteiger partial charge in [-0.05, 0) is 28.9 Å². The number of aromatic nitrogens is 1. The average molecular weight is 270 g/mol. The molecule has 0 amide bonds. The van der Waals surface area contributed by atoms with E-state index in [0.717, 1.165) is 0 Å². The zero-order valence-corrected chi connectivity index (χ0v) is 8.31. The third-order valence-corrected chi connectivity index (χ3v) is 1.69. The smallest absolute Gasteiger partial charge is 0.0862 e. The van der Waals surface area contributed by atoms with Gasteiger partial charge >= 0.3 is 0 Å². The standard InChI is InChI=1S/C10H14BrN3/c1-13-2-4-14(5-3-13)10-6-9(11)7-12-8-10/h6-8H,2-5H2,1H3/i1D3,2D2,3D2,4D2,5D2,6D,7D,8D. The van der Waals surface area contributed by atoms with Crippen LogP contribution in [-0.2, 0) is 0 Å². The molecule has 0 N–H and O–H groups in total. The Morgan fingerprint density at radius 2 is 2.29 bits per heavy atom. The van der Waals surface area contributed by atoms with Gasteiger partial charge in [0.25, 0.3) is 0 Å². The molecule has 2 rings (SSSR count). The van der Waals surface area contributed by atoms with Crippen molar-refractivity contribution in [2.24, 2.45) is 0 Å². The number of hydrogen-bond acceptors (Lipinski definition) is 3. The van der Waals surface area contributed by atoms with Crippen LogP contribution in [0.5, 0.6) is 0 Å². The third-order valence-electron chi connectivity index (χ3n) is 1.31. The molecule has 14 heavy (non-hydrogen) atoms. The second-order valence-corrected chi connectivity index (χ2v) is 3.03. The first kappa shape index (κ1) is 2.55. The fraction of sp³-hybridized carbons (Fsp3) is 0.500. The predicted molar refractivity (Wildman–Crippen MR) is 61.6 cm³/mol. The van der Waals surface area contributed by atoms with E-state index in [1.165, 1.54) is 0 Å². The number of anilines is 1. The summed E-state index contributed by atoms with van der Waals surface area (Å²) in [6, 6.07) is -0.799. The van der Waals surface area contributed by atoms with E-state index in [9.17, 15) is 0 Å². The Labute approximate surface area is 113 Å². The molecular weight excluding hydrogens is 242 g/mol. The van der Waals surface area contributed by atoms with E-state index in [4.69, 9.17) is 19.2 Å². The minimum absolute atomic E-state index is 0.121. The van der Waals surface area contributed by atoms with Crippen LogP contribution in [0.25, 0.3) is 0 Å². The second-order valence-electron chi connectivity index (χ2n) is 2.24. The summed E-state index contributed by atoms with van der Waals surface area (Å²) < 4.78 is 110.